The normalized spacial score (nSPS) is 12.3. The lowest BCUT2D eigenvalue weighted by molar-refractivity contribution is 0.0953. The van der Waals surface area contributed by atoms with Crippen molar-refractivity contribution in [1.82, 2.24) is 19.9 Å². The van der Waals surface area contributed by atoms with Gasteiger partial charge in [0.1, 0.15) is 16.9 Å². The molecule has 3 aromatic carbocycles. The van der Waals surface area contributed by atoms with Gasteiger partial charge in [0, 0.05) is 32.0 Å². The number of aromatic nitrogens is 3. The Bertz CT molecular complexity index is 1630. The Balaban J connectivity index is 1.43. The van der Waals surface area contributed by atoms with Gasteiger partial charge in [-0.15, -0.1) is 0 Å². The Morgan fingerprint density at radius 1 is 1.00 bits per heavy atom. The number of rotatable bonds is 5. The molecule has 3 heterocycles. The number of fused-ring (bicyclic) bond motifs is 3. The van der Waals surface area contributed by atoms with Crippen LogP contribution in [-0.4, -0.2) is 41.3 Å². The maximum Gasteiger partial charge on any atom is 0.257 e. The van der Waals surface area contributed by atoms with E-state index in [0.717, 1.165) is 22.5 Å². The van der Waals surface area contributed by atoms with Crippen LogP contribution in [0, 0.1) is 0 Å². The highest BCUT2D eigenvalue weighted by molar-refractivity contribution is 6.11. The molecule has 5 aromatic rings. The molecule has 9 nitrogen and oxygen atoms in total. The minimum absolute atomic E-state index is 0.198. The molecule has 0 unspecified atom stereocenters. The maximum absolute atomic E-state index is 13.5. The van der Waals surface area contributed by atoms with Gasteiger partial charge < -0.3 is 25.4 Å². The summed E-state index contributed by atoms with van der Waals surface area (Å²) in [6, 6.07) is 21.0. The maximum atomic E-state index is 13.5. The van der Waals surface area contributed by atoms with Crippen LogP contribution in [0.25, 0.3) is 27.9 Å². The van der Waals surface area contributed by atoms with Gasteiger partial charge in [0.15, 0.2) is 17.1 Å². The summed E-state index contributed by atoms with van der Waals surface area (Å²) >= 11 is 0. The highest BCUT2D eigenvalue weighted by atomic mass is 16.7. The zero-order chi connectivity index (χ0) is 24.8. The molecule has 1 amide bonds. The van der Waals surface area contributed by atoms with Crippen molar-refractivity contribution in [2.75, 3.05) is 31.5 Å². The number of anilines is 2. The SMILES string of the molecule is CN(C)c1ccc(-n2c(N)c(C(=O)NCc3ccc4c(c3)OCO4)c3nc4ccccc4nc32)cc1. The first-order valence-electron chi connectivity index (χ1n) is 11.5. The smallest absolute Gasteiger partial charge is 0.257 e. The molecule has 0 spiro atoms. The van der Waals surface area contributed by atoms with Crippen LogP contribution in [0.4, 0.5) is 11.5 Å². The number of carbonyl (C=O) groups is 1. The van der Waals surface area contributed by atoms with E-state index in [0.29, 0.717) is 40.3 Å². The van der Waals surface area contributed by atoms with Crippen molar-refractivity contribution < 1.29 is 14.3 Å². The lowest BCUT2D eigenvalue weighted by Crippen LogP contribution is -2.24. The molecule has 180 valence electrons. The van der Waals surface area contributed by atoms with E-state index in [1.165, 1.54) is 0 Å². The van der Waals surface area contributed by atoms with E-state index in [-0.39, 0.29) is 18.5 Å². The first-order valence-corrected chi connectivity index (χ1v) is 11.5. The summed E-state index contributed by atoms with van der Waals surface area (Å²) in [5.74, 6) is 1.31. The highest BCUT2D eigenvalue weighted by Gasteiger charge is 2.25. The van der Waals surface area contributed by atoms with Crippen LogP contribution < -0.4 is 25.4 Å². The molecule has 0 saturated carbocycles. The number of amides is 1. The Kier molecular flexibility index (Phi) is 5.10. The largest absolute Gasteiger partial charge is 0.454 e. The molecule has 2 aromatic heterocycles. The minimum atomic E-state index is -0.330. The lowest BCUT2D eigenvalue weighted by atomic mass is 10.2. The number of nitrogens with zero attached hydrogens (tertiary/aromatic N) is 4. The molecular weight excluding hydrogens is 456 g/mol. The van der Waals surface area contributed by atoms with Gasteiger partial charge in [0.2, 0.25) is 6.79 Å². The van der Waals surface area contributed by atoms with Crippen molar-refractivity contribution in [3.8, 4) is 17.2 Å². The summed E-state index contributed by atoms with van der Waals surface area (Å²) in [4.78, 5) is 25.1. The number of hydrogen-bond donors (Lipinski definition) is 2. The second-order valence-corrected chi connectivity index (χ2v) is 8.76. The number of benzene rings is 3. The first kappa shape index (κ1) is 21.7. The van der Waals surface area contributed by atoms with Crippen molar-refractivity contribution in [2.45, 2.75) is 6.54 Å². The van der Waals surface area contributed by atoms with E-state index in [4.69, 9.17) is 25.2 Å². The number of para-hydroxylation sites is 2. The van der Waals surface area contributed by atoms with Crippen LogP contribution in [0.3, 0.4) is 0 Å². The molecule has 0 radical (unpaired) electrons. The molecule has 9 heteroatoms. The topological polar surface area (TPSA) is 108 Å². The van der Waals surface area contributed by atoms with E-state index in [1.807, 2.05) is 85.7 Å². The van der Waals surface area contributed by atoms with Gasteiger partial charge in [-0.1, -0.05) is 18.2 Å². The Morgan fingerprint density at radius 3 is 2.47 bits per heavy atom. The number of nitrogens with two attached hydrogens (primary N) is 1. The average molecular weight is 481 g/mol. The lowest BCUT2D eigenvalue weighted by Gasteiger charge is -2.14. The molecule has 36 heavy (non-hydrogen) atoms. The summed E-state index contributed by atoms with van der Waals surface area (Å²) in [7, 11) is 3.96. The second-order valence-electron chi connectivity index (χ2n) is 8.76. The van der Waals surface area contributed by atoms with Crippen LogP contribution in [0.1, 0.15) is 15.9 Å². The van der Waals surface area contributed by atoms with Gasteiger partial charge in [0.05, 0.1) is 11.0 Å². The monoisotopic (exact) mass is 480 g/mol. The number of nitrogens with one attached hydrogen (secondary N) is 1. The van der Waals surface area contributed by atoms with Gasteiger partial charge in [-0.25, -0.2) is 9.97 Å². The van der Waals surface area contributed by atoms with Crippen molar-refractivity contribution in [1.29, 1.82) is 0 Å². The summed E-state index contributed by atoms with van der Waals surface area (Å²) in [6.07, 6.45) is 0. The van der Waals surface area contributed by atoms with E-state index in [1.54, 1.807) is 4.57 Å². The van der Waals surface area contributed by atoms with Crippen molar-refractivity contribution in [3.63, 3.8) is 0 Å². The third kappa shape index (κ3) is 3.61. The van der Waals surface area contributed by atoms with Crippen LogP contribution >= 0.6 is 0 Å². The molecule has 0 aliphatic carbocycles. The fourth-order valence-corrected chi connectivity index (χ4v) is 4.37. The predicted molar refractivity (Wildman–Crippen MR) is 139 cm³/mol. The standard InChI is InChI=1S/C27H24N6O3/c1-32(2)17-8-10-18(11-9-17)33-25(28)23(24-26(33)31-20-6-4-3-5-19(20)30-24)27(34)29-14-16-7-12-21-22(13-16)36-15-35-21/h3-13H,14-15,28H2,1-2H3,(H,29,34). The summed E-state index contributed by atoms with van der Waals surface area (Å²) in [6.45, 7) is 0.490. The van der Waals surface area contributed by atoms with Crippen LogP contribution in [-0.2, 0) is 6.54 Å². The van der Waals surface area contributed by atoms with Crippen LogP contribution in [0.2, 0.25) is 0 Å². The van der Waals surface area contributed by atoms with Gasteiger partial charge in [0.25, 0.3) is 5.91 Å². The quantitative estimate of drug-likeness (QED) is 0.393. The van der Waals surface area contributed by atoms with Gasteiger partial charge in [-0.05, 0) is 54.1 Å². The molecular formula is C27H24N6O3. The third-order valence-electron chi connectivity index (χ3n) is 6.24. The van der Waals surface area contributed by atoms with E-state index in [2.05, 4.69) is 5.32 Å². The zero-order valence-electron chi connectivity index (χ0n) is 19.9. The molecule has 1 aliphatic rings. The molecule has 0 atom stereocenters. The van der Waals surface area contributed by atoms with Crippen molar-refractivity contribution in [3.05, 3.63) is 77.9 Å². The Morgan fingerprint density at radius 2 is 1.72 bits per heavy atom. The number of nitrogen functional groups attached to an aromatic ring is 1. The zero-order valence-corrected chi connectivity index (χ0v) is 19.9. The molecule has 0 saturated heterocycles. The van der Waals surface area contributed by atoms with Crippen LogP contribution in [0.15, 0.2) is 66.7 Å². The number of ether oxygens (including phenoxy) is 2. The number of hydrogen-bond acceptors (Lipinski definition) is 7. The first-order chi connectivity index (χ1) is 17.5. The number of carbonyl (C=O) groups excluding carboxylic acids is 1. The molecule has 3 N–H and O–H groups in total. The molecule has 6 rings (SSSR count). The summed E-state index contributed by atoms with van der Waals surface area (Å²) in [5.41, 5.74) is 12.0. The van der Waals surface area contributed by atoms with E-state index < -0.39 is 0 Å². The molecule has 1 aliphatic heterocycles. The van der Waals surface area contributed by atoms with Crippen molar-refractivity contribution >= 4 is 39.6 Å². The fraction of sp³-hybridized carbons (Fsp3) is 0.148. The summed E-state index contributed by atoms with van der Waals surface area (Å²) < 4.78 is 12.6. The van der Waals surface area contributed by atoms with E-state index >= 15 is 0 Å². The van der Waals surface area contributed by atoms with Crippen molar-refractivity contribution in [2.24, 2.45) is 0 Å². The third-order valence-corrected chi connectivity index (χ3v) is 6.24. The summed E-state index contributed by atoms with van der Waals surface area (Å²) in [5, 5.41) is 2.97. The Labute approximate surface area is 207 Å². The van der Waals surface area contributed by atoms with Gasteiger partial charge in [-0.2, -0.15) is 0 Å². The average Bonchev–Trinajstić information content (AvgIpc) is 3.47. The minimum Gasteiger partial charge on any atom is -0.454 e. The molecule has 0 fully saturated rings. The highest BCUT2D eigenvalue weighted by Crippen LogP contribution is 2.33. The van der Waals surface area contributed by atoms with Gasteiger partial charge in [-0.3, -0.25) is 9.36 Å². The Hall–Kier alpha value is -4.79. The van der Waals surface area contributed by atoms with Crippen LogP contribution in [0.5, 0.6) is 11.5 Å². The fourth-order valence-electron chi connectivity index (χ4n) is 4.37. The second kappa shape index (κ2) is 8.46. The van der Waals surface area contributed by atoms with Gasteiger partial charge >= 0.3 is 0 Å². The van der Waals surface area contributed by atoms with E-state index in [9.17, 15) is 4.79 Å². The predicted octanol–water partition coefficient (Wildman–Crippen LogP) is 3.88. The molecule has 0 bridgehead atoms.